The van der Waals surface area contributed by atoms with E-state index in [1.54, 1.807) is 19.4 Å². The molecule has 1 amide bonds. The number of aromatic nitrogens is 5. The molecule has 3 aromatic rings. The van der Waals surface area contributed by atoms with E-state index in [9.17, 15) is 4.79 Å². The van der Waals surface area contributed by atoms with Gasteiger partial charge in [0.25, 0.3) is 5.91 Å². The number of aryl methyl sites for hydroxylation is 1. The van der Waals surface area contributed by atoms with Crippen LogP contribution in [0.1, 0.15) is 10.5 Å². The van der Waals surface area contributed by atoms with Crippen molar-refractivity contribution in [2.24, 2.45) is 12.8 Å². The van der Waals surface area contributed by atoms with Crippen molar-refractivity contribution in [2.45, 2.75) is 0 Å². The Hall–Kier alpha value is -3.03. The first kappa shape index (κ1) is 13.0. The second kappa shape index (κ2) is 4.82. The number of imidazole rings is 1. The van der Waals surface area contributed by atoms with Gasteiger partial charge < -0.3 is 15.6 Å². The number of nitrogens with two attached hydrogens (primary N) is 1. The Morgan fingerprint density at radius 3 is 2.81 bits per heavy atom. The third-order valence-electron chi connectivity index (χ3n) is 3.16. The van der Waals surface area contributed by atoms with Crippen LogP contribution >= 0.6 is 0 Å². The average molecular weight is 283 g/mol. The number of nitrogens with zero attached hydrogens (tertiary/aromatic N) is 5. The lowest BCUT2D eigenvalue weighted by molar-refractivity contribution is 0.0995. The summed E-state index contributed by atoms with van der Waals surface area (Å²) in [5.74, 6) is 0.469. The molecule has 3 heterocycles. The first-order chi connectivity index (χ1) is 10.1. The summed E-state index contributed by atoms with van der Waals surface area (Å²) in [4.78, 5) is 28.3. The van der Waals surface area contributed by atoms with Gasteiger partial charge in [-0.15, -0.1) is 0 Å². The molecule has 8 heteroatoms. The first-order valence-corrected chi connectivity index (χ1v) is 6.23. The molecular weight excluding hydrogens is 270 g/mol. The van der Waals surface area contributed by atoms with Crippen LogP contribution in [0.15, 0.2) is 24.7 Å². The van der Waals surface area contributed by atoms with Gasteiger partial charge in [-0.3, -0.25) is 9.78 Å². The highest BCUT2D eigenvalue weighted by Gasteiger charge is 2.17. The Bertz CT molecular complexity index is 840. The summed E-state index contributed by atoms with van der Waals surface area (Å²) < 4.78 is 1.85. The molecule has 0 atom stereocenters. The van der Waals surface area contributed by atoms with Gasteiger partial charge in [-0.25, -0.2) is 15.0 Å². The minimum atomic E-state index is -0.633. The minimum absolute atomic E-state index is 0.0918. The lowest BCUT2D eigenvalue weighted by Gasteiger charge is -2.08. The molecule has 0 unspecified atom stereocenters. The monoisotopic (exact) mass is 283 g/mol. The molecule has 0 fully saturated rings. The third kappa shape index (κ3) is 2.06. The van der Waals surface area contributed by atoms with Crippen LogP contribution in [0.4, 0.5) is 5.82 Å². The summed E-state index contributed by atoms with van der Waals surface area (Å²) in [6.07, 6.45) is 4.72. The predicted octanol–water partition coefficient (Wildman–Crippen LogP) is 0.566. The van der Waals surface area contributed by atoms with Crippen LogP contribution in [-0.4, -0.2) is 37.5 Å². The SMILES string of the molecule is CNc1ncc(C(N)=O)nc1-c1nc2ccncc2n1C. The molecule has 0 bridgehead atoms. The van der Waals surface area contributed by atoms with Gasteiger partial charge in [-0.05, 0) is 6.07 Å². The number of fused-ring (bicyclic) bond motifs is 1. The van der Waals surface area contributed by atoms with Gasteiger partial charge in [0.1, 0.15) is 11.4 Å². The molecule has 0 saturated heterocycles. The number of amides is 1. The van der Waals surface area contributed by atoms with Crippen LogP contribution in [0, 0.1) is 0 Å². The highest BCUT2D eigenvalue weighted by molar-refractivity contribution is 5.91. The number of hydrogen-bond donors (Lipinski definition) is 2. The molecule has 0 aromatic carbocycles. The number of anilines is 1. The maximum Gasteiger partial charge on any atom is 0.268 e. The average Bonchev–Trinajstić information content (AvgIpc) is 2.84. The van der Waals surface area contributed by atoms with Crippen LogP contribution in [0.3, 0.4) is 0 Å². The van der Waals surface area contributed by atoms with Crippen molar-refractivity contribution in [1.82, 2.24) is 24.5 Å². The summed E-state index contributed by atoms with van der Waals surface area (Å²) >= 11 is 0. The smallest absolute Gasteiger partial charge is 0.268 e. The molecule has 3 rings (SSSR count). The number of hydrogen-bond acceptors (Lipinski definition) is 6. The van der Waals surface area contributed by atoms with E-state index < -0.39 is 5.91 Å². The minimum Gasteiger partial charge on any atom is -0.371 e. The van der Waals surface area contributed by atoms with Gasteiger partial charge in [-0.1, -0.05) is 0 Å². The second-order valence-electron chi connectivity index (χ2n) is 4.43. The van der Waals surface area contributed by atoms with Crippen LogP contribution in [0.2, 0.25) is 0 Å². The third-order valence-corrected chi connectivity index (χ3v) is 3.16. The van der Waals surface area contributed by atoms with E-state index in [1.807, 2.05) is 17.7 Å². The lowest BCUT2D eigenvalue weighted by atomic mass is 10.3. The van der Waals surface area contributed by atoms with Gasteiger partial charge >= 0.3 is 0 Å². The zero-order valence-corrected chi connectivity index (χ0v) is 11.5. The summed E-state index contributed by atoms with van der Waals surface area (Å²) in [6, 6.07) is 1.81. The van der Waals surface area contributed by atoms with E-state index >= 15 is 0 Å². The molecule has 0 saturated carbocycles. The Morgan fingerprint density at radius 2 is 2.14 bits per heavy atom. The van der Waals surface area contributed by atoms with Crippen LogP contribution in [-0.2, 0) is 7.05 Å². The molecule has 8 nitrogen and oxygen atoms in total. The molecule has 3 aromatic heterocycles. The highest BCUT2D eigenvalue weighted by Crippen LogP contribution is 2.26. The maximum absolute atomic E-state index is 11.3. The number of pyridine rings is 1. The molecule has 0 radical (unpaired) electrons. The van der Waals surface area contributed by atoms with E-state index in [1.165, 1.54) is 6.20 Å². The van der Waals surface area contributed by atoms with Crippen molar-refractivity contribution in [3.05, 3.63) is 30.4 Å². The first-order valence-electron chi connectivity index (χ1n) is 6.23. The lowest BCUT2D eigenvalue weighted by Crippen LogP contribution is -2.15. The summed E-state index contributed by atoms with van der Waals surface area (Å²) in [6.45, 7) is 0. The molecule has 21 heavy (non-hydrogen) atoms. The van der Waals surface area contributed by atoms with Gasteiger partial charge in [-0.2, -0.15) is 0 Å². The van der Waals surface area contributed by atoms with E-state index in [-0.39, 0.29) is 5.69 Å². The van der Waals surface area contributed by atoms with Crippen LogP contribution in [0.25, 0.3) is 22.6 Å². The largest absolute Gasteiger partial charge is 0.371 e. The summed E-state index contributed by atoms with van der Waals surface area (Å²) in [7, 11) is 3.58. The zero-order chi connectivity index (χ0) is 15.0. The van der Waals surface area contributed by atoms with Crippen molar-refractivity contribution >= 4 is 22.8 Å². The molecule has 0 aliphatic carbocycles. The second-order valence-corrected chi connectivity index (χ2v) is 4.43. The van der Waals surface area contributed by atoms with Gasteiger partial charge in [0, 0.05) is 20.3 Å². The van der Waals surface area contributed by atoms with Gasteiger partial charge in [0.15, 0.2) is 11.6 Å². The molecule has 0 spiro atoms. The molecule has 0 aliphatic heterocycles. The molecule has 3 N–H and O–H groups in total. The zero-order valence-electron chi connectivity index (χ0n) is 11.5. The Morgan fingerprint density at radius 1 is 1.33 bits per heavy atom. The fourth-order valence-corrected chi connectivity index (χ4v) is 2.09. The van der Waals surface area contributed by atoms with Crippen molar-refractivity contribution in [3.8, 4) is 11.5 Å². The fraction of sp³-hybridized carbons (Fsp3) is 0.154. The number of carbonyl (C=O) groups excluding carboxylic acids is 1. The predicted molar refractivity (Wildman–Crippen MR) is 77.6 cm³/mol. The fourth-order valence-electron chi connectivity index (χ4n) is 2.09. The summed E-state index contributed by atoms with van der Waals surface area (Å²) in [5, 5.41) is 2.94. The Labute approximate surface area is 120 Å². The van der Waals surface area contributed by atoms with Crippen molar-refractivity contribution in [1.29, 1.82) is 0 Å². The molecule has 0 aliphatic rings. The summed E-state index contributed by atoms with van der Waals surface area (Å²) in [5.41, 5.74) is 7.47. The van der Waals surface area contributed by atoms with Crippen LogP contribution < -0.4 is 11.1 Å². The number of nitrogens with one attached hydrogen (secondary N) is 1. The van der Waals surface area contributed by atoms with Gasteiger partial charge in [0.05, 0.1) is 23.4 Å². The van der Waals surface area contributed by atoms with E-state index in [0.717, 1.165) is 11.0 Å². The van der Waals surface area contributed by atoms with E-state index in [0.29, 0.717) is 17.3 Å². The Balaban J connectivity index is 2.28. The standard InChI is InChI=1S/C13H13N7O/c1-15-12-10(18-8(5-17-12)11(14)21)13-19-7-3-4-16-6-9(7)20(13)2/h3-6H,1-2H3,(H2,14,21)(H,15,17). The number of primary amides is 1. The Kier molecular flexibility index (Phi) is 2.98. The quantitative estimate of drug-likeness (QED) is 0.726. The number of rotatable bonds is 3. The van der Waals surface area contributed by atoms with Crippen molar-refractivity contribution in [2.75, 3.05) is 12.4 Å². The molecular formula is C13H13N7O. The topological polar surface area (TPSA) is 112 Å². The van der Waals surface area contributed by atoms with E-state index in [2.05, 4.69) is 25.3 Å². The van der Waals surface area contributed by atoms with Crippen molar-refractivity contribution < 1.29 is 4.79 Å². The van der Waals surface area contributed by atoms with Crippen molar-refractivity contribution in [3.63, 3.8) is 0 Å². The molecule has 106 valence electrons. The number of carbonyl (C=O) groups is 1. The van der Waals surface area contributed by atoms with Crippen LogP contribution in [0.5, 0.6) is 0 Å². The highest BCUT2D eigenvalue weighted by atomic mass is 16.1. The maximum atomic E-state index is 11.3. The van der Waals surface area contributed by atoms with Gasteiger partial charge in [0.2, 0.25) is 0 Å². The normalized spacial score (nSPS) is 10.8. The van der Waals surface area contributed by atoms with E-state index in [4.69, 9.17) is 5.73 Å².